The second-order valence-electron chi connectivity index (χ2n) is 7.93. The number of halogens is 5. The second-order valence-corrected chi connectivity index (χ2v) is 7.93. The smallest absolute Gasteiger partial charge is 0.381 e. The highest BCUT2D eigenvalue weighted by molar-refractivity contribution is 5.97. The van der Waals surface area contributed by atoms with E-state index in [2.05, 4.69) is 10.3 Å². The summed E-state index contributed by atoms with van der Waals surface area (Å²) in [6.45, 7) is 1.36. The van der Waals surface area contributed by atoms with Crippen LogP contribution in [0.1, 0.15) is 65.2 Å². The van der Waals surface area contributed by atoms with E-state index in [0.29, 0.717) is 18.8 Å². The number of ether oxygens (including phenoxy) is 1. The quantitative estimate of drug-likeness (QED) is 0.664. The zero-order chi connectivity index (χ0) is 21.5. The number of benzene rings is 1. The summed E-state index contributed by atoms with van der Waals surface area (Å²) in [6.07, 6.45) is -4.66. The molecule has 1 aromatic carbocycles. The molecule has 4 rings (SSSR count). The van der Waals surface area contributed by atoms with Gasteiger partial charge in [0.25, 0.3) is 12.3 Å². The zero-order valence-electron chi connectivity index (χ0n) is 16.1. The van der Waals surface area contributed by atoms with Gasteiger partial charge < -0.3 is 10.1 Å². The minimum atomic E-state index is -4.77. The fourth-order valence-electron chi connectivity index (χ4n) is 3.84. The lowest BCUT2D eigenvalue weighted by Crippen LogP contribution is -2.33. The fraction of sp³-hybridized carbons (Fsp3) is 0.524. The first-order valence-corrected chi connectivity index (χ1v) is 9.94. The lowest BCUT2D eigenvalue weighted by Gasteiger charge is -2.22. The summed E-state index contributed by atoms with van der Waals surface area (Å²) in [5, 5.41) is 2.34. The summed E-state index contributed by atoms with van der Waals surface area (Å²) in [5.41, 5.74) is -2.37. The molecule has 4 nitrogen and oxygen atoms in total. The van der Waals surface area contributed by atoms with Crippen LogP contribution < -0.4 is 5.32 Å². The number of rotatable bonds is 5. The molecule has 2 aliphatic rings. The van der Waals surface area contributed by atoms with Crippen LogP contribution in [0, 0.1) is 5.92 Å². The van der Waals surface area contributed by atoms with E-state index in [9.17, 15) is 26.7 Å². The van der Waals surface area contributed by atoms with Gasteiger partial charge in [0.1, 0.15) is 5.69 Å². The molecule has 1 aromatic heterocycles. The van der Waals surface area contributed by atoms with E-state index in [0.717, 1.165) is 37.8 Å². The van der Waals surface area contributed by atoms with Crippen LogP contribution in [0.4, 0.5) is 22.0 Å². The molecule has 0 bridgehead atoms. The summed E-state index contributed by atoms with van der Waals surface area (Å²) in [4.78, 5) is 16.4. The molecule has 2 aromatic rings. The molecule has 9 heteroatoms. The minimum Gasteiger partial charge on any atom is -0.381 e. The zero-order valence-corrected chi connectivity index (χ0v) is 16.1. The maximum atomic E-state index is 13.7. The molecule has 1 unspecified atom stereocenters. The molecule has 1 aliphatic carbocycles. The van der Waals surface area contributed by atoms with Crippen LogP contribution in [0.25, 0.3) is 10.9 Å². The van der Waals surface area contributed by atoms with Gasteiger partial charge in [-0.2, -0.15) is 13.2 Å². The number of amides is 1. The predicted molar refractivity (Wildman–Crippen MR) is 99.6 cm³/mol. The third-order valence-corrected chi connectivity index (χ3v) is 5.60. The molecule has 0 spiro atoms. The number of nitrogens with one attached hydrogen (secondary N) is 1. The number of aromatic nitrogens is 1. The number of fused-ring (bicyclic) bond motifs is 1. The van der Waals surface area contributed by atoms with Gasteiger partial charge in [-0.05, 0) is 61.3 Å². The fourth-order valence-corrected chi connectivity index (χ4v) is 3.84. The van der Waals surface area contributed by atoms with Gasteiger partial charge in [-0.1, -0.05) is 0 Å². The third kappa shape index (κ3) is 4.40. The van der Waals surface area contributed by atoms with Crippen LogP contribution >= 0.6 is 0 Å². The van der Waals surface area contributed by atoms with E-state index in [1.54, 1.807) is 0 Å². The first-order valence-electron chi connectivity index (χ1n) is 9.94. The number of alkyl halides is 5. The number of pyridine rings is 1. The van der Waals surface area contributed by atoms with E-state index < -0.39 is 40.8 Å². The van der Waals surface area contributed by atoms with Gasteiger partial charge in [-0.25, -0.2) is 13.8 Å². The van der Waals surface area contributed by atoms with E-state index in [-0.39, 0.29) is 23.8 Å². The normalized spacial score (nSPS) is 20.0. The minimum absolute atomic E-state index is 0.0540. The maximum absolute atomic E-state index is 13.7. The number of carbonyl (C=O) groups is 1. The largest absolute Gasteiger partial charge is 0.418 e. The average Bonchev–Trinajstić information content (AvgIpc) is 3.55. The molecule has 1 atom stereocenters. The van der Waals surface area contributed by atoms with Crippen molar-refractivity contribution in [3.05, 3.63) is 40.6 Å². The Morgan fingerprint density at radius 3 is 2.57 bits per heavy atom. The molecule has 2 heterocycles. The Morgan fingerprint density at radius 2 is 1.97 bits per heavy atom. The third-order valence-electron chi connectivity index (χ3n) is 5.60. The van der Waals surface area contributed by atoms with Crippen molar-refractivity contribution in [3.8, 4) is 0 Å². The van der Waals surface area contributed by atoms with Gasteiger partial charge in [0.05, 0.1) is 17.7 Å². The highest BCUT2D eigenvalue weighted by Gasteiger charge is 2.37. The van der Waals surface area contributed by atoms with Crippen LogP contribution in [-0.4, -0.2) is 30.6 Å². The Labute approximate surface area is 169 Å². The first kappa shape index (κ1) is 21.0. The number of carbonyl (C=O) groups excluding carboxylic acids is 1. The van der Waals surface area contributed by atoms with E-state index in [4.69, 9.17) is 4.74 Å². The van der Waals surface area contributed by atoms with Crippen molar-refractivity contribution in [2.75, 3.05) is 19.8 Å². The maximum Gasteiger partial charge on any atom is 0.418 e. The molecule has 1 saturated carbocycles. The molecule has 0 radical (unpaired) electrons. The lowest BCUT2D eigenvalue weighted by molar-refractivity contribution is -0.136. The number of hydrogen-bond donors (Lipinski definition) is 1. The molecule has 1 N–H and O–H groups in total. The van der Waals surface area contributed by atoms with Crippen molar-refractivity contribution >= 4 is 16.8 Å². The highest BCUT2D eigenvalue weighted by atomic mass is 19.4. The van der Waals surface area contributed by atoms with Gasteiger partial charge in [0.2, 0.25) is 0 Å². The molecule has 1 saturated heterocycles. The Hall–Kier alpha value is -2.29. The second kappa shape index (κ2) is 8.09. The van der Waals surface area contributed by atoms with Crippen molar-refractivity contribution in [1.82, 2.24) is 10.3 Å². The summed E-state index contributed by atoms with van der Waals surface area (Å²) in [7, 11) is 0. The van der Waals surface area contributed by atoms with Gasteiger partial charge in [0.15, 0.2) is 0 Å². The Kier molecular flexibility index (Phi) is 5.65. The first-order chi connectivity index (χ1) is 14.2. The van der Waals surface area contributed by atoms with Crippen molar-refractivity contribution in [2.24, 2.45) is 5.92 Å². The van der Waals surface area contributed by atoms with Crippen molar-refractivity contribution in [1.29, 1.82) is 0 Å². The summed E-state index contributed by atoms with van der Waals surface area (Å²) in [5.74, 6) is -0.755. The molecular formula is C21H21F5N2O2. The molecule has 162 valence electrons. The standard InChI is InChI=1S/C21H21F5N2O2/c22-19(23)15-8-17(20(29)27-9-11-2-1-5-30-10-11)28-18-14(15)6-13(12-3-4-12)7-16(18)21(24,25)26/h6-8,11-12,19H,1-5,9-10H2,(H,27,29). The topological polar surface area (TPSA) is 51.2 Å². The van der Waals surface area contributed by atoms with Crippen LogP contribution in [0.15, 0.2) is 18.2 Å². The predicted octanol–water partition coefficient (Wildman–Crippen LogP) is 5.23. The number of nitrogens with zero attached hydrogens (tertiary/aromatic N) is 1. The van der Waals surface area contributed by atoms with Crippen LogP contribution in [0.5, 0.6) is 0 Å². The monoisotopic (exact) mass is 428 g/mol. The molecule has 1 amide bonds. The highest BCUT2D eigenvalue weighted by Crippen LogP contribution is 2.45. The van der Waals surface area contributed by atoms with E-state index >= 15 is 0 Å². The Balaban J connectivity index is 1.73. The van der Waals surface area contributed by atoms with E-state index in [1.165, 1.54) is 6.07 Å². The summed E-state index contributed by atoms with van der Waals surface area (Å²) >= 11 is 0. The number of hydrogen-bond acceptors (Lipinski definition) is 3. The van der Waals surface area contributed by atoms with Crippen LogP contribution in [0.2, 0.25) is 0 Å². The van der Waals surface area contributed by atoms with Crippen molar-refractivity contribution in [3.63, 3.8) is 0 Å². The molecule has 30 heavy (non-hydrogen) atoms. The summed E-state index contributed by atoms with van der Waals surface area (Å²) in [6, 6.07) is 3.23. The van der Waals surface area contributed by atoms with Gasteiger partial charge >= 0.3 is 6.18 Å². The molecule has 1 aliphatic heterocycles. The van der Waals surface area contributed by atoms with Gasteiger partial charge in [0, 0.05) is 24.1 Å². The van der Waals surface area contributed by atoms with Crippen molar-refractivity contribution < 1.29 is 31.5 Å². The van der Waals surface area contributed by atoms with Gasteiger partial charge in [-0.3, -0.25) is 4.79 Å². The van der Waals surface area contributed by atoms with Crippen LogP contribution in [-0.2, 0) is 10.9 Å². The Bertz CT molecular complexity index is 951. The Morgan fingerprint density at radius 1 is 1.20 bits per heavy atom. The lowest BCUT2D eigenvalue weighted by atomic mass is 9.98. The average molecular weight is 428 g/mol. The SMILES string of the molecule is O=C(NCC1CCCOC1)c1cc(C(F)F)c2cc(C3CC3)cc(C(F)(F)F)c2n1. The van der Waals surface area contributed by atoms with Crippen LogP contribution in [0.3, 0.4) is 0 Å². The van der Waals surface area contributed by atoms with E-state index in [1.807, 2.05) is 0 Å². The summed E-state index contributed by atoms with van der Waals surface area (Å²) < 4.78 is 73.9. The van der Waals surface area contributed by atoms with Gasteiger partial charge in [-0.15, -0.1) is 0 Å². The molecule has 2 fully saturated rings. The molecular weight excluding hydrogens is 407 g/mol. The van der Waals surface area contributed by atoms with Crippen molar-refractivity contribution in [2.45, 2.75) is 44.2 Å².